The number of ether oxygens (including phenoxy) is 2. The summed E-state index contributed by atoms with van der Waals surface area (Å²) < 4.78 is 38.0. The van der Waals surface area contributed by atoms with Crippen LogP contribution in [0.2, 0.25) is 0 Å². The van der Waals surface area contributed by atoms with Gasteiger partial charge >= 0.3 is 17.2 Å². The van der Waals surface area contributed by atoms with Crippen LogP contribution in [-0.4, -0.2) is 35.2 Å². The maximum Gasteiger partial charge on any atom is 0.415 e. The number of rotatable bonds is 5. The van der Waals surface area contributed by atoms with Gasteiger partial charge in [-0.1, -0.05) is 5.04 Å². The van der Waals surface area contributed by atoms with E-state index < -0.39 is 35.3 Å². The maximum absolute atomic E-state index is 12.9. The monoisotopic (exact) mass is 274 g/mol. The molecule has 0 saturated carbocycles. The number of alkyl halides is 2. The van der Waals surface area contributed by atoms with Gasteiger partial charge in [-0.25, -0.2) is 14.8 Å². The Bertz CT molecular complexity index is 298. The molecule has 0 aromatic heterocycles. The first-order valence-electron chi connectivity index (χ1n) is 4.39. The van der Waals surface area contributed by atoms with Crippen LogP contribution in [0.5, 0.6) is 0 Å². The first kappa shape index (κ1) is 14.1. The highest BCUT2D eigenvalue weighted by molar-refractivity contribution is 7.96. The minimum absolute atomic E-state index is 0.114. The zero-order valence-electron chi connectivity index (χ0n) is 8.26. The predicted octanol–water partition coefficient (Wildman–Crippen LogP) is 0.897. The highest BCUT2D eigenvalue weighted by Crippen LogP contribution is 2.32. The summed E-state index contributed by atoms with van der Waals surface area (Å²) in [6.45, 7) is 0.166. The van der Waals surface area contributed by atoms with Crippen molar-refractivity contribution in [2.24, 2.45) is 0 Å². The molecule has 0 radical (unpaired) electrons. The Morgan fingerprint density at radius 2 is 2.29 bits per heavy atom. The lowest BCUT2D eigenvalue weighted by atomic mass is 10.1. The summed E-state index contributed by atoms with van der Waals surface area (Å²) in [5, 5.41) is 6.48. The van der Waals surface area contributed by atoms with E-state index in [0.717, 1.165) is 0 Å². The summed E-state index contributed by atoms with van der Waals surface area (Å²) in [4.78, 5) is 22.0. The summed E-state index contributed by atoms with van der Waals surface area (Å²) in [7, 11) is 0. The molecule has 1 rings (SSSR count). The van der Waals surface area contributed by atoms with Gasteiger partial charge in [0, 0.05) is 0 Å². The molecule has 17 heavy (non-hydrogen) atoms. The van der Waals surface area contributed by atoms with E-state index >= 15 is 0 Å². The molecule has 0 spiro atoms. The number of esters is 2. The Morgan fingerprint density at radius 1 is 1.59 bits per heavy atom. The zero-order valence-corrected chi connectivity index (χ0v) is 9.08. The third-order valence-electron chi connectivity index (χ3n) is 1.77. The minimum atomic E-state index is -4.11. The first-order valence-corrected chi connectivity index (χ1v) is 5.13. The van der Waals surface area contributed by atoms with E-state index in [1.807, 2.05) is 0 Å². The van der Waals surface area contributed by atoms with E-state index in [-0.39, 0.29) is 13.0 Å². The second-order valence-corrected chi connectivity index (χ2v) is 3.76. The summed E-state index contributed by atoms with van der Waals surface area (Å²) >= 11 is -0.756. The molecule has 1 saturated heterocycles. The molecule has 0 bridgehead atoms. The highest BCUT2D eigenvalue weighted by Gasteiger charge is 2.46. The highest BCUT2D eigenvalue weighted by atomic mass is 32.2. The van der Waals surface area contributed by atoms with Crippen LogP contribution >= 0.6 is 12.0 Å². The summed E-state index contributed by atoms with van der Waals surface area (Å²) in [6, 6.07) is 0. The topological polar surface area (TPSA) is 91.3 Å². The Balaban J connectivity index is 2.49. The fraction of sp³-hybridized carbons (Fsp3) is 0.714. The van der Waals surface area contributed by atoms with Gasteiger partial charge in [0.15, 0.2) is 6.10 Å². The Hall–Kier alpha value is -0.970. The van der Waals surface area contributed by atoms with Crippen molar-refractivity contribution >= 4 is 24.0 Å². The van der Waals surface area contributed by atoms with E-state index in [4.69, 9.17) is 5.26 Å². The normalized spacial score (nSPS) is 20.9. The lowest BCUT2D eigenvalue weighted by molar-refractivity contribution is -0.433. The smallest absolute Gasteiger partial charge is 0.415 e. The standard InChI is InChI=1S/C7H8F2O7S/c8-7(9,17-16-15-12)6(11)14-4-2-1-3-13-5(4)10/h4,12H,1-3H2. The summed E-state index contributed by atoms with van der Waals surface area (Å²) in [5.41, 5.74) is 0. The van der Waals surface area contributed by atoms with Crippen molar-refractivity contribution in [2.75, 3.05) is 6.61 Å². The number of hydrogen-bond acceptors (Lipinski definition) is 8. The molecule has 1 aliphatic rings. The van der Waals surface area contributed by atoms with Gasteiger partial charge in [-0.05, 0) is 12.8 Å². The molecule has 1 aliphatic heterocycles. The van der Waals surface area contributed by atoms with Crippen LogP contribution in [0.1, 0.15) is 12.8 Å². The molecule has 0 aromatic carbocycles. The molecule has 98 valence electrons. The molecule has 1 atom stereocenters. The SMILES string of the molecule is O=C1OCCCC1OC(=O)C(F)(F)SOOO. The zero-order chi connectivity index (χ0) is 12.9. The van der Waals surface area contributed by atoms with Gasteiger partial charge in [0.25, 0.3) is 0 Å². The molecule has 1 heterocycles. The van der Waals surface area contributed by atoms with E-state index in [1.165, 1.54) is 0 Å². The molecule has 1 fully saturated rings. The van der Waals surface area contributed by atoms with Crippen molar-refractivity contribution in [3.8, 4) is 0 Å². The Labute approximate surface area is 98.0 Å². The van der Waals surface area contributed by atoms with Crippen LogP contribution in [0.15, 0.2) is 0 Å². The molecule has 10 heteroatoms. The molecule has 1 unspecified atom stereocenters. The van der Waals surface area contributed by atoms with Gasteiger partial charge in [-0.3, -0.25) is 0 Å². The molecular formula is C7H8F2O7S. The lowest BCUT2D eigenvalue weighted by Gasteiger charge is -2.22. The van der Waals surface area contributed by atoms with E-state index in [1.54, 1.807) is 0 Å². The summed E-state index contributed by atoms with van der Waals surface area (Å²) in [5.74, 6) is -2.85. The van der Waals surface area contributed by atoms with Crippen molar-refractivity contribution in [2.45, 2.75) is 24.2 Å². The Kier molecular flexibility index (Phi) is 5.05. The van der Waals surface area contributed by atoms with Crippen LogP contribution in [0.25, 0.3) is 0 Å². The molecular weight excluding hydrogens is 266 g/mol. The number of halogens is 2. The van der Waals surface area contributed by atoms with Crippen LogP contribution in [-0.2, 0) is 28.4 Å². The molecule has 1 N–H and O–H groups in total. The predicted molar refractivity (Wildman–Crippen MR) is 47.4 cm³/mol. The lowest BCUT2D eigenvalue weighted by Crippen LogP contribution is -2.38. The second-order valence-electron chi connectivity index (χ2n) is 2.95. The van der Waals surface area contributed by atoms with E-state index in [2.05, 4.69) is 18.8 Å². The largest absolute Gasteiger partial charge is 0.463 e. The average molecular weight is 274 g/mol. The quantitative estimate of drug-likeness (QED) is 0.342. The van der Waals surface area contributed by atoms with Crippen molar-refractivity contribution < 1.29 is 42.5 Å². The van der Waals surface area contributed by atoms with Gasteiger partial charge in [-0.2, -0.15) is 8.78 Å². The number of carbonyl (C=O) groups is 2. The van der Waals surface area contributed by atoms with E-state index in [9.17, 15) is 18.4 Å². The third-order valence-corrected chi connectivity index (χ3v) is 2.28. The van der Waals surface area contributed by atoms with Gasteiger partial charge in [0.05, 0.1) is 6.61 Å². The van der Waals surface area contributed by atoms with Crippen LogP contribution in [0, 0.1) is 0 Å². The number of carbonyl (C=O) groups excluding carboxylic acids is 2. The number of hydrogen-bond donors (Lipinski definition) is 1. The van der Waals surface area contributed by atoms with E-state index in [0.29, 0.717) is 6.42 Å². The van der Waals surface area contributed by atoms with Crippen molar-refractivity contribution in [1.82, 2.24) is 0 Å². The summed E-state index contributed by atoms with van der Waals surface area (Å²) in [6.07, 6.45) is -0.820. The van der Waals surface area contributed by atoms with Crippen LogP contribution in [0.4, 0.5) is 8.78 Å². The average Bonchev–Trinajstić information content (AvgIpc) is 2.29. The molecule has 0 aromatic rings. The Morgan fingerprint density at radius 3 is 2.88 bits per heavy atom. The molecule has 0 aliphatic carbocycles. The van der Waals surface area contributed by atoms with Crippen LogP contribution in [0.3, 0.4) is 0 Å². The van der Waals surface area contributed by atoms with Crippen LogP contribution < -0.4 is 0 Å². The van der Waals surface area contributed by atoms with Gasteiger partial charge in [0.1, 0.15) is 12.0 Å². The fourth-order valence-electron chi connectivity index (χ4n) is 1.05. The fourth-order valence-corrected chi connectivity index (χ4v) is 1.28. The first-order chi connectivity index (χ1) is 7.97. The minimum Gasteiger partial charge on any atom is -0.463 e. The van der Waals surface area contributed by atoms with Crippen molar-refractivity contribution in [3.05, 3.63) is 0 Å². The molecule has 0 amide bonds. The molecule has 7 nitrogen and oxygen atoms in total. The van der Waals surface area contributed by atoms with Crippen molar-refractivity contribution in [1.29, 1.82) is 0 Å². The van der Waals surface area contributed by atoms with Gasteiger partial charge < -0.3 is 9.47 Å². The third kappa shape index (κ3) is 4.07. The van der Waals surface area contributed by atoms with Gasteiger partial charge in [0.2, 0.25) is 0 Å². The van der Waals surface area contributed by atoms with Crippen molar-refractivity contribution in [3.63, 3.8) is 0 Å². The van der Waals surface area contributed by atoms with Gasteiger partial charge in [-0.15, -0.1) is 4.33 Å². The second kappa shape index (κ2) is 6.10. The number of cyclic esters (lactones) is 1. The maximum atomic E-state index is 12.9.